The zero-order valence-electron chi connectivity index (χ0n) is 12.7. The molecular formula is C15H17FN4O2S. The van der Waals surface area contributed by atoms with Gasteiger partial charge in [-0.05, 0) is 17.7 Å². The van der Waals surface area contributed by atoms with E-state index in [1.807, 2.05) is 0 Å². The molecule has 2 heterocycles. The van der Waals surface area contributed by atoms with Gasteiger partial charge >= 0.3 is 0 Å². The first-order valence-corrected chi connectivity index (χ1v) is 8.23. The van der Waals surface area contributed by atoms with Gasteiger partial charge in [0, 0.05) is 13.6 Å². The molecule has 0 radical (unpaired) electrons. The highest BCUT2D eigenvalue weighted by Gasteiger charge is 2.25. The van der Waals surface area contributed by atoms with Crippen molar-refractivity contribution in [1.82, 2.24) is 19.7 Å². The minimum absolute atomic E-state index is 0.0356. The number of halogens is 1. The maximum absolute atomic E-state index is 13.0. The third-order valence-corrected chi connectivity index (χ3v) is 4.67. The van der Waals surface area contributed by atoms with Gasteiger partial charge < -0.3 is 9.64 Å². The fraction of sp³-hybridized carbons (Fsp3) is 0.400. The van der Waals surface area contributed by atoms with E-state index in [0.717, 1.165) is 5.56 Å². The van der Waals surface area contributed by atoms with Crippen molar-refractivity contribution in [3.63, 3.8) is 0 Å². The molecule has 1 aliphatic rings. The molecule has 1 amide bonds. The van der Waals surface area contributed by atoms with Crippen LogP contribution in [0.15, 0.2) is 35.7 Å². The quantitative estimate of drug-likeness (QED) is 0.795. The molecule has 0 bridgehead atoms. The van der Waals surface area contributed by atoms with Gasteiger partial charge in [-0.1, -0.05) is 23.9 Å². The number of morpholine rings is 1. The van der Waals surface area contributed by atoms with Crippen molar-refractivity contribution in [3.05, 3.63) is 42.0 Å². The Labute approximate surface area is 137 Å². The smallest absolute Gasteiger partial charge is 0.233 e. The number of amides is 1. The van der Waals surface area contributed by atoms with Crippen molar-refractivity contribution in [1.29, 1.82) is 0 Å². The number of aryl methyl sites for hydroxylation is 1. The second-order valence-electron chi connectivity index (χ2n) is 5.21. The summed E-state index contributed by atoms with van der Waals surface area (Å²) >= 11 is 1.36. The van der Waals surface area contributed by atoms with Crippen LogP contribution in [0.2, 0.25) is 0 Å². The van der Waals surface area contributed by atoms with E-state index in [2.05, 4.69) is 10.1 Å². The summed E-state index contributed by atoms with van der Waals surface area (Å²) in [5, 5.41) is 4.68. The average molecular weight is 336 g/mol. The number of rotatable bonds is 4. The molecule has 0 spiro atoms. The highest BCUT2D eigenvalue weighted by Crippen LogP contribution is 2.23. The number of aromatic nitrogens is 3. The van der Waals surface area contributed by atoms with Crippen LogP contribution in [0.5, 0.6) is 0 Å². The van der Waals surface area contributed by atoms with Gasteiger partial charge in [0.15, 0.2) is 5.16 Å². The molecule has 0 N–H and O–H groups in total. The maximum atomic E-state index is 13.0. The molecule has 3 rings (SSSR count). The lowest BCUT2D eigenvalue weighted by Crippen LogP contribution is -2.43. The zero-order chi connectivity index (χ0) is 16.2. The molecule has 0 aliphatic carbocycles. The molecule has 2 aromatic rings. The summed E-state index contributed by atoms with van der Waals surface area (Å²) in [4.78, 5) is 18.2. The lowest BCUT2D eigenvalue weighted by molar-refractivity contribution is -0.136. The number of benzene rings is 1. The Balaban J connectivity index is 1.58. The van der Waals surface area contributed by atoms with Gasteiger partial charge in [-0.25, -0.2) is 14.1 Å². The van der Waals surface area contributed by atoms with Crippen molar-refractivity contribution in [3.8, 4) is 0 Å². The number of ether oxygens (including phenoxy) is 1. The predicted octanol–water partition coefficient (Wildman–Crippen LogP) is 1.65. The standard InChI is InChI=1S/C15H17FN4O2S/c1-19-15(17-10-18-19)23-9-14(21)20-6-7-22-13(8-20)11-2-4-12(16)5-3-11/h2-5,10,13H,6-9H2,1H3. The molecule has 6 nitrogen and oxygen atoms in total. The number of hydrogen-bond acceptors (Lipinski definition) is 5. The predicted molar refractivity (Wildman–Crippen MR) is 83.4 cm³/mol. The number of hydrogen-bond donors (Lipinski definition) is 0. The van der Waals surface area contributed by atoms with Crippen LogP contribution in [0.25, 0.3) is 0 Å². The van der Waals surface area contributed by atoms with Crippen LogP contribution < -0.4 is 0 Å². The summed E-state index contributed by atoms with van der Waals surface area (Å²) in [5.41, 5.74) is 0.879. The van der Waals surface area contributed by atoms with Crippen molar-refractivity contribution in [2.45, 2.75) is 11.3 Å². The number of carbonyl (C=O) groups excluding carboxylic acids is 1. The van der Waals surface area contributed by atoms with Gasteiger partial charge in [0.1, 0.15) is 18.2 Å². The van der Waals surface area contributed by atoms with E-state index in [4.69, 9.17) is 4.74 Å². The Hall–Kier alpha value is -1.93. The second-order valence-corrected chi connectivity index (χ2v) is 6.15. The molecule has 1 unspecified atom stereocenters. The van der Waals surface area contributed by atoms with Crippen LogP contribution >= 0.6 is 11.8 Å². The first-order valence-electron chi connectivity index (χ1n) is 7.25. The number of carbonyl (C=O) groups is 1. The Morgan fingerprint density at radius 1 is 1.43 bits per heavy atom. The second kappa shape index (κ2) is 7.10. The lowest BCUT2D eigenvalue weighted by Gasteiger charge is -2.33. The summed E-state index contributed by atoms with van der Waals surface area (Å²) in [6.45, 7) is 1.52. The third kappa shape index (κ3) is 3.89. The first-order chi connectivity index (χ1) is 11.1. The first kappa shape index (κ1) is 15.9. The van der Waals surface area contributed by atoms with Gasteiger partial charge in [0.2, 0.25) is 5.91 Å². The van der Waals surface area contributed by atoms with Crippen LogP contribution in [-0.4, -0.2) is 51.0 Å². The number of thioether (sulfide) groups is 1. The molecule has 8 heteroatoms. The van der Waals surface area contributed by atoms with Crippen LogP contribution in [0, 0.1) is 5.82 Å². The van der Waals surface area contributed by atoms with Gasteiger partial charge in [0.25, 0.3) is 0 Å². The SMILES string of the molecule is Cn1ncnc1SCC(=O)N1CCOC(c2ccc(F)cc2)C1. The molecule has 1 aromatic heterocycles. The monoisotopic (exact) mass is 336 g/mol. The molecule has 0 saturated carbocycles. The van der Waals surface area contributed by atoms with Crippen molar-refractivity contribution in [2.24, 2.45) is 7.05 Å². The van der Waals surface area contributed by atoms with E-state index in [-0.39, 0.29) is 17.8 Å². The number of nitrogens with zero attached hydrogens (tertiary/aromatic N) is 4. The van der Waals surface area contributed by atoms with Crippen LogP contribution in [-0.2, 0) is 16.6 Å². The molecule has 1 fully saturated rings. The van der Waals surface area contributed by atoms with Crippen LogP contribution in [0.1, 0.15) is 11.7 Å². The van der Waals surface area contributed by atoms with Crippen molar-refractivity contribution >= 4 is 17.7 Å². The van der Waals surface area contributed by atoms with Gasteiger partial charge in [-0.15, -0.1) is 0 Å². The lowest BCUT2D eigenvalue weighted by atomic mass is 10.1. The van der Waals surface area contributed by atoms with E-state index in [9.17, 15) is 9.18 Å². The van der Waals surface area contributed by atoms with Crippen molar-refractivity contribution < 1.29 is 13.9 Å². The average Bonchev–Trinajstić information content (AvgIpc) is 2.98. The zero-order valence-corrected chi connectivity index (χ0v) is 13.5. The summed E-state index contributed by atoms with van der Waals surface area (Å²) in [6, 6.07) is 6.21. The topological polar surface area (TPSA) is 60.2 Å². The van der Waals surface area contributed by atoms with Crippen LogP contribution in [0.4, 0.5) is 4.39 Å². The maximum Gasteiger partial charge on any atom is 0.233 e. The van der Waals surface area contributed by atoms with Gasteiger partial charge in [-0.3, -0.25) is 4.79 Å². The van der Waals surface area contributed by atoms with Gasteiger partial charge in [-0.2, -0.15) is 5.10 Å². The van der Waals surface area contributed by atoms with E-state index in [1.54, 1.807) is 28.8 Å². The Morgan fingerprint density at radius 3 is 2.91 bits per heavy atom. The van der Waals surface area contributed by atoms with E-state index in [0.29, 0.717) is 30.6 Å². The summed E-state index contributed by atoms with van der Waals surface area (Å²) < 4.78 is 20.3. The Kier molecular flexibility index (Phi) is 4.92. The largest absolute Gasteiger partial charge is 0.370 e. The normalized spacial score (nSPS) is 18.2. The minimum Gasteiger partial charge on any atom is -0.370 e. The molecule has 1 aliphatic heterocycles. The molecule has 1 atom stereocenters. The molecule has 122 valence electrons. The Morgan fingerprint density at radius 2 is 2.22 bits per heavy atom. The van der Waals surface area contributed by atoms with Gasteiger partial charge in [0.05, 0.1) is 18.9 Å². The summed E-state index contributed by atoms with van der Waals surface area (Å²) in [6.07, 6.45) is 1.25. The Bertz CT molecular complexity index is 676. The molecule has 23 heavy (non-hydrogen) atoms. The molecular weight excluding hydrogens is 319 g/mol. The van der Waals surface area contributed by atoms with E-state index >= 15 is 0 Å². The fourth-order valence-corrected chi connectivity index (χ4v) is 3.18. The fourth-order valence-electron chi connectivity index (χ4n) is 2.39. The van der Waals surface area contributed by atoms with E-state index in [1.165, 1.54) is 30.2 Å². The summed E-state index contributed by atoms with van der Waals surface area (Å²) in [5.74, 6) is 0.0637. The highest BCUT2D eigenvalue weighted by molar-refractivity contribution is 7.99. The minimum atomic E-state index is -0.280. The molecule has 1 aromatic carbocycles. The van der Waals surface area contributed by atoms with Crippen molar-refractivity contribution in [2.75, 3.05) is 25.4 Å². The highest BCUT2D eigenvalue weighted by atomic mass is 32.2. The third-order valence-electron chi connectivity index (χ3n) is 3.66. The van der Waals surface area contributed by atoms with E-state index < -0.39 is 0 Å². The summed E-state index contributed by atoms with van der Waals surface area (Å²) in [7, 11) is 1.79. The van der Waals surface area contributed by atoms with Crippen LogP contribution in [0.3, 0.4) is 0 Å². The molecule has 1 saturated heterocycles.